The van der Waals surface area contributed by atoms with Gasteiger partial charge in [0.05, 0.1) is 18.5 Å². The van der Waals surface area contributed by atoms with Crippen LogP contribution in [-0.2, 0) is 9.59 Å². The number of piperidine rings is 1. The number of amides is 3. The summed E-state index contributed by atoms with van der Waals surface area (Å²) in [7, 11) is 0. The number of benzene rings is 4. The number of hydrogen-bond donors (Lipinski definition) is 3. The Bertz CT molecular complexity index is 2030. The summed E-state index contributed by atoms with van der Waals surface area (Å²) in [4.78, 5) is 45.0. The van der Waals surface area contributed by atoms with Crippen molar-refractivity contribution < 1.29 is 24.2 Å². The number of phenolic OH excluding ortho intramolecular Hbond substituents is 1. The van der Waals surface area contributed by atoms with Crippen LogP contribution in [0, 0.1) is 0 Å². The number of hydrogen-bond acceptors (Lipinski definition) is 8. The van der Waals surface area contributed by atoms with E-state index < -0.39 is 17.9 Å². The summed E-state index contributed by atoms with van der Waals surface area (Å²) in [5.41, 5.74) is 5.75. The van der Waals surface area contributed by atoms with Crippen molar-refractivity contribution >= 4 is 34.2 Å². The number of aromatic nitrogens is 1. The van der Waals surface area contributed by atoms with Gasteiger partial charge in [-0.1, -0.05) is 60.7 Å². The third kappa shape index (κ3) is 8.24. The van der Waals surface area contributed by atoms with E-state index >= 15 is 0 Å². The molecule has 7 rings (SSSR count). The monoisotopic (exact) mass is 697 g/mol. The predicted molar refractivity (Wildman–Crippen MR) is 202 cm³/mol. The SMILES string of the molecule is O=C1CCC(NC(=O)c2ccc(N3CCN(CCCCCOc4ccc(-c5c(-c6ccccc6)ccc6cc(O)ccc56)cc4)CC3)cn2)C(=O)N1. The minimum Gasteiger partial charge on any atom is -0.508 e. The highest BCUT2D eigenvalue weighted by molar-refractivity contribution is 6.05. The summed E-state index contributed by atoms with van der Waals surface area (Å²) in [5, 5.41) is 17.1. The average molecular weight is 698 g/mol. The van der Waals surface area contributed by atoms with Crippen molar-refractivity contribution in [2.24, 2.45) is 0 Å². The van der Waals surface area contributed by atoms with Gasteiger partial charge >= 0.3 is 0 Å². The number of aromatic hydroxyl groups is 1. The van der Waals surface area contributed by atoms with Crippen molar-refractivity contribution in [2.45, 2.75) is 38.1 Å². The van der Waals surface area contributed by atoms with Gasteiger partial charge in [0, 0.05) is 32.6 Å². The molecule has 2 aliphatic rings. The lowest BCUT2D eigenvalue weighted by atomic mass is 9.90. The Labute approximate surface area is 303 Å². The van der Waals surface area contributed by atoms with E-state index in [1.807, 2.05) is 36.4 Å². The molecule has 1 atom stereocenters. The Morgan fingerprint density at radius 2 is 1.67 bits per heavy atom. The van der Waals surface area contributed by atoms with Crippen LogP contribution >= 0.6 is 0 Å². The lowest BCUT2D eigenvalue weighted by molar-refractivity contribution is -0.134. The highest BCUT2D eigenvalue weighted by Gasteiger charge is 2.28. The van der Waals surface area contributed by atoms with Crippen molar-refractivity contribution in [3.63, 3.8) is 0 Å². The largest absolute Gasteiger partial charge is 0.508 e. The van der Waals surface area contributed by atoms with Gasteiger partial charge in [-0.3, -0.25) is 24.6 Å². The number of rotatable bonds is 12. The maximum absolute atomic E-state index is 12.6. The number of unbranched alkanes of at least 4 members (excludes halogenated alkanes) is 2. The van der Waals surface area contributed by atoms with E-state index in [-0.39, 0.29) is 23.8 Å². The fraction of sp³-hybridized carbons (Fsp3) is 0.286. The lowest BCUT2D eigenvalue weighted by Gasteiger charge is -2.36. The number of fused-ring (bicyclic) bond motifs is 1. The zero-order chi connectivity index (χ0) is 35.9. The minimum absolute atomic E-state index is 0.207. The van der Waals surface area contributed by atoms with Gasteiger partial charge in [0.2, 0.25) is 11.8 Å². The second-order valence-corrected chi connectivity index (χ2v) is 13.4. The fourth-order valence-corrected chi connectivity index (χ4v) is 7.01. The smallest absolute Gasteiger partial charge is 0.270 e. The molecule has 2 saturated heterocycles. The summed E-state index contributed by atoms with van der Waals surface area (Å²) in [5.74, 6) is -0.103. The topological polar surface area (TPSA) is 124 Å². The minimum atomic E-state index is -0.722. The third-order valence-corrected chi connectivity index (χ3v) is 9.88. The van der Waals surface area contributed by atoms with E-state index in [2.05, 4.69) is 73.9 Å². The summed E-state index contributed by atoms with van der Waals surface area (Å²) in [6.45, 7) is 5.42. The van der Waals surface area contributed by atoms with Gasteiger partial charge in [0.25, 0.3) is 5.91 Å². The molecule has 1 aromatic heterocycles. The zero-order valence-corrected chi connectivity index (χ0v) is 29.1. The Morgan fingerprint density at radius 1 is 0.865 bits per heavy atom. The van der Waals surface area contributed by atoms with Crippen LogP contribution in [0.3, 0.4) is 0 Å². The maximum Gasteiger partial charge on any atom is 0.270 e. The molecule has 1 unspecified atom stereocenters. The lowest BCUT2D eigenvalue weighted by Crippen LogP contribution is -2.52. The first-order valence-electron chi connectivity index (χ1n) is 18.0. The van der Waals surface area contributed by atoms with Crippen molar-refractivity contribution in [1.82, 2.24) is 20.5 Å². The second kappa shape index (κ2) is 16.1. The van der Waals surface area contributed by atoms with Crippen LogP contribution in [0.4, 0.5) is 5.69 Å². The molecular formula is C42H43N5O5. The molecule has 266 valence electrons. The van der Waals surface area contributed by atoms with Gasteiger partial charge in [-0.25, -0.2) is 4.98 Å². The number of pyridine rings is 1. The molecule has 2 aliphatic heterocycles. The van der Waals surface area contributed by atoms with Gasteiger partial charge in [0.15, 0.2) is 0 Å². The highest BCUT2D eigenvalue weighted by atomic mass is 16.5. The molecule has 0 spiro atoms. The molecule has 3 amide bonds. The highest BCUT2D eigenvalue weighted by Crippen LogP contribution is 2.39. The fourth-order valence-electron chi connectivity index (χ4n) is 7.01. The summed E-state index contributed by atoms with van der Waals surface area (Å²) >= 11 is 0. The van der Waals surface area contributed by atoms with Crippen LogP contribution in [0.1, 0.15) is 42.6 Å². The number of phenols is 1. The normalized spacial score (nSPS) is 16.5. The zero-order valence-electron chi connectivity index (χ0n) is 29.1. The van der Waals surface area contributed by atoms with Crippen LogP contribution < -0.4 is 20.3 Å². The number of piperazine rings is 1. The summed E-state index contributed by atoms with van der Waals surface area (Å²) in [6, 6.07) is 31.3. The molecule has 0 saturated carbocycles. The summed E-state index contributed by atoms with van der Waals surface area (Å²) < 4.78 is 6.13. The molecule has 0 radical (unpaired) electrons. The van der Waals surface area contributed by atoms with E-state index in [0.717, 1.165) is 96.4 Å². The standard InChI is InChI=1S/C42H43N5O5/c48-33-13-17-36-31(27-33)11-16-35(29-7-3-1-4-8-29)40(36)30-9-14-34(15-10-30)52-26-6-2-5-21-46-22-24-47(25-23-46)32-12-18-37(43-28-32)41(50)44-38-19-20-39(49)45-42(38)51/h1,3-4,7-18,27-28,38,48H,2,5-6,19-26H2,(H,44,50)(H,45,49,51). The van der Waals surface area contributed by atoms with Crippen molar-refractivity contribution in [1.29, 1.82) is 0 Å². The maximum atomic E-state index is 12.6. The molecule has 52 heavy (non-hydrogen) atoms. The van der Waals surface area contributed by atoms with E-state index in [4.69, 9.17) is 4.74 Å². The van der Waals surface area contributed by atoms with E-state index in [9.17, 15) is 19.5 Å². The molecular weight excluding hydrogens is 654 g/mol. The number of nitrogens with zero attached hydrogens (tertiary/aromatic N) is 3. The second-order valence-electron chi connectivity index (χ2n) is 13.4. The van der Waals surface area contributed by atoms with E-state index in [1.54, 1.807) is 18.3 Å². The number of nitrogens with one attached hydrogen (secondary N) is 2. The summed E-state index contributed by atoms with van der Waals surface area (Å²) in [6.07, 6.45) is 5.40. The Balaban J connectivity index is 0.835. The molecule has 3 N–H and O–H groups in total. The average Bonchev–Trinajstić information content (AvgIpc) is 3.17. The molecule has 3 heterocycles. The first-order valence-corrected chi connectivity index (χ1v) is 18.0. The number of anilines is 1. The Kier molecular flexibility index (Phi) is 10.7. The van der Waals surface area contributed by atoms with Crippen LogP contribution in [0.5, 0.6) is 11.5 Å². The van der Waals surface area contributed by atoms with Gasteiger partial charge < -0.3 is 20.1 Å². The van der Waals surface area contributed by atoms with Crippen molar-refractivity contribution in [3.8, 4) is 33.8 Å². The van der Waals surface area contributed by atoms with E-state index in [0.29, 0.717) is 13.0 Å². The number of ether oxygens (including phenoxy) is 1. The molecule has 10 nitrogen and oxygen atoms in total. The van der Waals surface area contributed by atoms with Gasteiger partial charge in [-0.15, -0.1) is 0 Å². The molecule has 10 heteroatoms. The van der Waals surface area contributed by atoms with Crippen LogP contribution in [0.25, 0.3) is 33.0 Å². The van der Waals surface area contributed by atoms with Gasteiger partial charge in [0.1, 0.15) is 23.2 Å². The number of carbonyl (C=O) groups is 3. The number of imide groups is 1. The van der Waals surface area contributed by atoms with Crippen LogP contribution in [0.2, 0.25) is 0 Å². The molecule has 2 fully saturated rings. The van der Waals surface area contributed by atoms with Gasteiger partial charge in [-0.2, -0.15) is 0 Å². The Hall–Kier alpha value is -5.74. The molecule has 0 bridgehead atoms. The van der Waals surface area contributed by atoms with Crippen molar-refractivity contribution in [2.75, 3.05) is 44.2 Å². The quantitative estimate of drug-likeness (QED) is 0.104. The first kappa shape index (κ1) is 34.7. The third-order valence-electron chi connectivity index (χ3n) is 9.88. The van der Waals surface area contributed by atoms with Crippen LogP contribution in [0.15, 0.2) is 103 Å². The first-order chi connectivity index (χ1) is 25.4. The van der Waals surface area contributed by atoms with E-state index in [1.165, 1.54) is 0 Å². The molecule has 0 aliphatic carbocycles. The van der Waals surface area contributed by atoms with Crippen molar-refractivity contribution in [3.05, 3.63) is 109 Å². The van der Waals surface area contributed by atoms with Crippen LogP contribution in [-0.4, -0.2) is 78.1 Å². The van der Waals surface area contributed by atoms with Gasteiger partial charge in [-0.05, 0) is 102 Å². The molecule has 5 aromatic rings. The Morgan fingerprint density at radius 3 is 2.42 bits per heavy atom. The predicted octanol–water partition coefficient (Wildman–Crippen LogP) is 6.18. The molecule has 4 aromatic carbocycles. The number of carbonyl (C=O) groups excluding carboxylic acids is 3.